The average molecular weight is 544 g/mol. The van der Waals surface area contributed by atoms with Crippen molar-refractivity contribution in [3.63, 3.8) is 0 Å². The van der Waals surface area contributed by atoms with E-state index in [4.69, 9.17) is 5.73 Å². The second-order valence-corrected chi connectivity index (χ2v) is 11.2. The summed E-state index contributed by atoms with van der Waals surface area (Å²) < 4.78 is 28.9. The van der Waals surface area contributed by atoms with E-state index in [-0.39, 0.29) is 17.3 Å². The number of benzene rings is 3. The quantitative estimate of drug-likeness (QED) is 0.313. The van der Waals surface area contributed by atoms with E-state index >= 15 is 0 Å². The molecule has 0 spiro atoms. The minimum Gasteiger partial charge on any atom is -0.383 e. The third-order valence-electron chi connectivity index (χ3n) is 6.87. The van der Waals surface area contributed by atoms with Crippen molar-refractivity contribution in [2.45, 2.75) is 36.4 Å². The van der Waals surface area contributed by atoms with Gasteiger partial charge in [0.05, 0.1) is 4.90 Å². The van der Waals surface area contributed by atoms with E-state index in [0.29, 0.717) is 30.8 Å². The number of hydrogen-bond acceptors (Lipinski definition) is 6. The minimum absolute atomic E-state index is 0.0577. The maximum Gasteiger partial charge on any atom is 0.245 e. The molecular weight excluding hydrogens is 514 g/mol. The van der Waals surface area contributed by atoms with Crippen molar-refractivity contribution in [1.29, 1.82) is 0 Å². The molecule has 0 aliphatic carbocycles. The van der Waals surface area contributed by atoms with E-state index in [1.54, 1.807) is 54.7 Å². The highest BCUT2D eigenvalue weighted by Crippen LogP contribution is 2.26. The molecule has 1 saturated heterocycles. The maximum atomic E-state index is 13.8. The van der Waals surface area contributed by atoms with E-state index in [0.717, 1.165) is 16.3 Å². The molecular formula is C29H29N5O4S. The van der Waals surface area contributed by atoms with Crippen LogP contribution in [-0.2, 0) is 26.2 Å². The molecule has 9 nitrogen and oxygen atoms in total. The normalized spacial score (nSPS) is 16.2. The van der Waals surface area contributed by atoms with Gasteiger partial charge in [0.2, 0.25) is 21.8 Å². The Hall–Kier alpha value is -4.28. The van der Waals surface area contributed by atoms with Gasteiger partial charge < -0.3 is 16.0 Å². The van der Waals surface area contributed by atoms with Crippen LogP contribution < -0.4 is 15.8 Å². The predicted molar refractivity (Wildman–Crippen MR) is 149 cm³/mol. The number of aromatic nitrogens is 1. The van der Waals surface area contributed by atoms with Crippen LogP contribution in [0.1, 0.15) is 30.0 Å². The van der Waals surface area contributed by atoms with Crippen molar-refractivity contribution < 1.29 is 18.0 Å². The standard InChI is InChI=1S/C29H29N5O4S/c30-27-24-14-13-20(18-22(24)15-16-31-27)19-32-28(35)25-12-7-17-34(25)29(36)26(21-8-3-1-4-9-21)33-39(37,38)23-10-5-2-6-11-23/h1-6,8-11,13-16,18,25-26,33H,7,12,17,19H2,(H2,30,31)(H,32,35)/t25-,26+/m0/s1. The number of sulfonamides is 1. The van der Waals surface area contributed by atoms with E-state index in [1.807, 2.05) is 24.3 Å². The first-order chi connectivity index (χ1) is 18.8. The van der Waals surface area contributed by atoms with Gasteiger partial charge in [0.15, 0.2) is 0 Å². The lowest BCUT2D eigenvalue weighted by Gasteiger charge is -2.29. The van der Waals surface area contributed by atoms with Crippen molar-refractivity contribution >= 4 is 38.4 Å². The predicted octanol–water partition coefficient (Wildman–Crippen LogP) is 3.14. The molecule has 4 aromatic rings. The Kier molecular flexibility index (Phi) is 7.58. The molecule has 0 unspecified atom stereocenters. The number of rotatable bonds is 8. The summed E-state index contributed by atoms with van der Waals surface area (Å²) in [6, 6.07) is 22.2. The molecule has 1 aromatic heterocycles. The number of fused-ring (bicyclic) bond motifs is 1. The summed E-state index contributed by atoms with van der Waals surface area (Å²) >= 11 is 0. The number of pyridine rings is 1. The zero-order valence-electron chi connectivity index (χ0n) is 21.2. The van der Waals surface area contributed by atoms with Crippen LogP contribution in [-0.4, -0.2) is 42.7 Å². The van der Waals surface area contributed by atoms with Gasteiger partial charge in [-0.25, -0.2) is 13.4 Å². The number of nitrogens with zero attached hydrogens (tertiary/aromatic N) is 2. The Morgan fingerprint density at radius 2 is 1.72 bits per heavy atom. The summed E-state index contributed by atoms with van der Waals surface area (Å²) in [4.78, 5) is 32.7. The lowest BCUT2D eigenvalue weighted by molar-refractivity contribution is -0.139. The Morgan fingerprint density at radius 1 is 1.00 bits per heavy atom. The number of carbonyl (C=O) groups excluding carboxylic acids is 2. The van der Waals surface area contributed by atoms with Gasteiger partial charge in [-0.3, -0.25) is 9.59 Å². The van der Waals surface area contributed by atoms with Gasteiger partial charge >= 0.3 is 0 Å². The molecule has 2 amide bonds. The molecule has 0 radical (unpaired) electrons. The van der Waals surface area contributed by atoms with Gasteiger partial charge in [-0.2, -0.15) is 4.72 Å². The van der Waals surface area contributed by atoms with Crippen LogP contribution in [0.15, 0.2) is 96.0 Å². The third kappa shape index (κ3) is 5.76. The van der Waals surface area contributed by atoms with Gasteiger partial charge in [0.1, 0.15) is 17.9 Å². The van der Waals surface area contributed by atoms with E-state index in [1.165, 1.54) is 17.0 Å². The minimum atomic E-state index is -4.00. The molecule has 2 heterocycles. The number of nitrogens with two attached hydrogens (primary N) is 1. The average Bonchev–Trinajstić information content (AvgIpc) is 3.46. The summed E-state index contributed by atoms with van der Waals surface area (Å²) in [5, 5.41) is 4.70. The zero-order chi connectivity index (χ0) is 27.4. The first-order valence-electron chi connectivity index (χ1n) is 12.7. The summed E-state index contributed by atoms with van der Waals surface area (Å²) in [6.45, 7) is 0.633. The summed E-state index contributed by atoms with van der Waals surface area (Å²) in [5.74, 6) is -0.306. The van der Waals surface area contributed by atoms with Crippen LogP contribution in [0.2, 0.25) is 0 Å². The van der Waals surface area contributed by atoms with Crippen molar-refractivity contribution in [2.75, 3.05) is 12.3 Å². The molecule has 1 aliphatic heterocycles. The fourth-order valence-electron chi connectivity index (χ4n) is 4.87. The number of nitrogen functional groups attached to an aromatic ring is 1. The van der Waals surface area contributed by atoms with Crippen molar-refractivity contribution in [3.05, 3.63) is 102 Å². The molecule has 4 N–H and O–H groups in total. The van der Waals surface area contributed by atoms with Crippen molar-refractivity contribution in [3.8, 4) is 0 Å². The summed E-state index contributed by atoms with van der Waals surface area (Å²) in [5.41, 5.74) is 7.31. The van der Waals surface area contributed by atoms with Crippen LogP contribution in [0.3, 0.4) is 0 Å². The number of hydrogen-bond donors (Lipinski definition) is 3. The molecule has 0 saturated carbocycles. The Morgan fingerprint density at radius 3 is 2.46 bits per heavy atom. The van der Waals surface area contributed by atoms with Crippen molar-refractivity contribution in [2.24, 2.45) is 0 Å². The molecule has 1 fully saturated rings. The highest BCUT2D eigenvalue weighted by Gasteiger charge is 2.39. The van der Waals surface area contributed by atoms with Crippen LogP contribution in [0.5, 0.6) is 0 Å². The fourth-order valence-corrected chi connectivity index (χ4v) is 6.06. The van der Waals surface area contributed by atoms with E-state index in [2.05, 4.69) is 15.0 Å². The monoisotopic (exact) mass is 543 g/mol. The first-order valence-corrected chi connectivity index (χ1v) is 14.2. The highest BCUT2D eigenvalue weighted by atomic mass is 32.2. The van der Waals surface area contributed by atoms with Crippen LogP contribution in [0.25, 0.3) is 10.8 Å². The first kappa shape index (κ1) is 26.3. The van der Waals surface area contributed by atoms with Gasteiger partial charge in [-0.1, -0.05) is 60.7 Å². The smallest absolute Gasteiger partial charge is 0.245 e. The van der Waals surface area contributed by atoms with Gasteiger partial charge in [0.25, 0.3) is 0 Å². The zero-order valence-corrected chi connectivity index (χ0v) is 22.0. The maximum absolute atomic E-state index is 13.8. The summed E-state index contributed by atoms with van der Waals surface area (Å²) in [7, 11) is -4.00. The molecule has 0 bridgehead atoms. The number of anilines is 1. The Balaban J connectivity index is 1.33. The Bertz CT molecular complexity index is 1600. The number of carbonyl (C=O) groups is 2. The largest absolute Gasteiger partial charge is 0.383 e. The van der Waals surface area contributed by atoms with Crippen LogP contribution >= 0.6 is 0 Å². The lowest BCUT2D eigenvalue weighted by atomic mass is 10.1. The lowest BCUT2D eigenvalue weighted by Crippen LogP contribution is -2.50. The molecule has 200 valence electrons. The Labute approximate surface area is 227 Å². The van der Waals surface area contributed by atoms with Gasteiger partial charge in [-0.05, 0) is 53.6 Å². The second-order valence-electron chi connectivity index (χ2n) is 9.44. The van der Waals surface area contributed by atoms with E-state index < -0.39 is 28.0 Å². The molecule has 10 heteroatoms. The molecule has 39 heavy (non-hydrogen) atoms. The van der Waals surface area contributed by atoms with E-state index in [9.17, 15) is 18.0 Å². The van der Waals surface area contributed by atoms with Crippen molar-refractivity contribution in [1.82, 2.24) is 19.9 Å². The molecule has 1 aliphatic rings. The fraction of sp³-hybridized carbons (Fsp3) is 0.207. The number of amides is 2. The topological polar surface area (TPSA) is 134 Å². The number of likely N-dealkylation sites (tertiary alicyclic amines) is 1. The second kappa shape index (κ2) is 11.2. The number of nitrogens with one attached hydrogen (secondary N) is 2. The molecule has 3 aromatic carbocycles. The van der Waals surface area contributed by atoms with Crippen LogP contribution in [0.4, 0.5) is 5.82 Å². The molecule has 5 rings (SSSR count). The molecule has 2 atom stereocenters. The summed E-state index contributed by atoms with van der Waals surface area (Å²) in [6.07, 6.45) is 2.76. The van der Waals surface area contributed by atoms with Crippen LogP contribution in [0, 0.1) is 0 Å². The van der Waals surface area contributed by atoms with Gasteiger partial charge in [-0.15, -0.1) is 0 Å². The third-order valence-corrected chi connectivity index (χ3v) is 8.31. The van der Waals surface area contributed by atoms with Gasteiger partial charge in [0, 0.05) is 24.7 Å². The SMILES string of the molecule is Nc1nccc2cc(CNC(=O)[C@@H]3CCCN3C(=O)[C@H](NS(=O)(=O)c3ccccc3)c3ccccc3)ccc12. The highest BCUT2D eigenvalue weighted by molar-refractivity contribution is 7.89.